The molecule has 0 saturated carbocycles. The molecule has 1 aromatic heterocycles. The van der Waals surface area contributed by atoms with Crippen LogP contribution in [0, 0.1) is 5.92 Å². The van der Waals surface area contributed by atoms with Crippen LogP contribution in [0.15, 0.2) is 35.1 Å². The van der Waals surface area contributed by atoms with Crippen LogP contribution in [0.25, 0.3) is 0 Å². The van der Waals surface area contributed by atoms with Crippen LogP contribution >= 0.6 is 15.9 Å². The summed E-state index contributed by atoms with van der Waals surface area (Å²) in [5.74, 6) is 0.838. The van der Waals surface area contributed by atoms with E-state index < -0.39 is 0 Å². The summed E-state index contributed by atoms with van der Waals surface area (Å²) in [6.07, 6.45) is 2.99. The highest BCUT2D eigenvalue weighted by Crippen LogP contribution is 2.11. The fourth-order valence-electron chi connectivity index (χ4n) is 1.81. The molecule has 1 N–H and O–H groups in total. The molecule has 5 nitrogen and oxygen atoms in total. The number of nitrogens with zero attached hydrogens (tertiary/aromatic N) is 3. The van der Waals surface area contributed by atoms with Crippen LogP contribution < -0.4 is 5.32 Å². The molecule has 1 amide bonds. The van der Waals surface area contributed by atoms with E-state index in [0.29, 0.717) is 24.8 Å². The average Bonchev–Trinajstić information content (AvgIpc) is 2.86. The van der Waals surface area contributed by atoms with Crippen molar-refractivity contribution in [2.24, 2.45) is 5.92 Å². The van der Waals surface area contributed by atoms with Crippen molar-refractivity contribution in [2.75, 3.05) is 5.32 Å². The molecule has 0 unspecified atom stereocenters. The zero-order valence-electron chi connectivity index (χ0n) is 12.2. The van der Waals surface area contributed by atoms with Crippen LogP contribution in [0.2, 0.25) is 0 Å². The van der Waals surface area contributed by atoms with E-state index in [2.05, 4.69) is 45.2 Å². The molecule has 1 heterocycles. The summed E-state index contributed by atoms with van der Waals surface area (Å²) < 4.78 is 2.75. The van der Waals surface area contributed by atoms with Gasteiger partial charge < -0.3 is 0 Å². The normalized spacial score (nSPS) is 10.9. The minimum absolute atomic E-state index is 0.0370. The highest BCUT2D eigenvalue weighted by molar-refractivity contribution is 9.10. The zero-order chi connectivity index (χ0) is 15.2. The second-order valence-electron chi connectivity index (χ2n) is 5.37. The van der Waals surface area contributed by atoms with Crippen LogP contribution in [0.3, 0.4) is 0 Å². The zero-order valence-corrected chi connectivity index (χ0v) is 13.8. The number of hydrogen-bond acceptors (Lipinski definition) is 3. The number of hydrogen-bond donors (Lipinski definition) is 1. The predicted octanol–water partition coefficient (Wildman–Crippen LogP) is 3.46. The molecule has 112 valence electrons. The van der Waals surface area contributed by atoms with Crippen molar-refractivity contribution in [3.05, 3.63) is 40.6 Å². The second-order valence-corrected chi connectivity index (χ2v) is 6.29. The average molecular weight is 351 g/mol. The Hall–Kier alpha value is -1.69. The Morgan fingerprint density at radius 3 is 2.71 bits per heavy atom. The Kier molecular flexibility index (Phi) is 5.50. The maximum atomic E-state index is 11.7. The summed E-state index contributed by atoms with van der Waals surface area (Å²) in [7, 11) is 0. The van der Waals surface area contributed by atoms with Gasteiger partial charge in [0.1, 0.15) is 6.33 Å². The van der Waals surface area contributed by atoms with Crippen LogP contribution in [-0.2, 0) is 11.3 Å². The molecule has 0 aliphatic heterocycles. The van der Waals surface area contributed by atoms with E-state index in [-0.39, 0.29) is 5.91 Å². The molecular formula is C15H19BrN4O. The van der Waals surface area contributed by atoms with Crippen LogP contribution in [-0.4, -0.2) is 20.7 Å². The van der Waals surface area contributed by atoms with Gasteiger partial charge in [0.15, 0.2) is 0 Å². The van der Waals surface area contributed by atoms with E-state index in [1.807, 2.05) is 24.3 Å². The van der Waals surface area contributed by atoms with Gasteiger partial charge in [0.25, 0.3) is 0 Å². The first-order valence-electron chi connectivity index (χ1n) is 6.96. The molecule has 21 heavy (non-hydrogen) atoms. The number of benzene rings is 1. The number of carbonyl (C=O) groups excluding carboxylic acids is 1. The predicted molar refractivity (Wildman–Crippen MR) is 86.0 cm³/mol. The van der Waals surface area contributed by atoms with E-state index in [0.717, 1.165) is 16.5 Å². The largest absolute Gasteiger partial charge is 0.293 e. The maximum absolute atomic E-state index is 11.7. The lowest BCUT2D eigenvalue weighted by atomic mass is 10.1. The first kappa shape index (κ1) is 15.7. The van der Waals surface area contributed by atoms with Gasteiger partial charge >= 0.3 is 0 Å². The number of anilines is 1. The molecule has 1 aromatic carbocycles. The van der Waals surface area contributed by atoms with Gasteiger partial charge in [-0.2, -0.15) is 0 Å². The lowest BCUT2D eigenvalue weighted by molar-refractivity contribution is -0.116. The fourth-order valence-corrected chi connectivity index (χ4v) is 2.08. The molecule has 0 fully saturated rings. The first-order valence-corrected chi connectivity index (χ1v) is 7.76. The van der Waals surface area contributed by atoms with Gasteiger partial charge in [0.05, 0.1) is 6.54 Å². The van der Waals surface area contributed by atoms with Gasteiger partial charge in [-0.25, -0.2) is 9.67 Å². The second kappa shape index (κ2) is 7.36. The topological polar surface area (TPSA) is 59.8 Å². The summed E-state index contributed by atoms with van der Waals surface area (Å²) in [5, 5.41) is 6.98. The van der Waals surface area contributed by atoms with E-state index in [1.165, 1.54) is 0 Å². The van der Waals surface area contributed by atoms with Crippen LogP contribution in [0.5, 0.6) is 0 Å². The molecule has 0 radical (unpaired) electrons. The van der Waals surface area contributed by atoms with Crippen molar-refractivity contribution in [1.82, 2.24) is 14.8 Å². The van der Waals surface area contributed by atoms with Gasteiger partial charge in [-0.15, -0.1) is 5.10 Å². The molecule has 0 bridgehead atoms. The van der Waals surface area contributed by atoms with E-state index in [9.17, 15) is 4.79 Å². The minimum atomic E-state index is -0.0370. The standard InChI is InChI=1S/C15H19BrN4O/c1-11(2)3-8-14(21)18-15-17-10-20(19-15)9-12-4-6-13(16)7-5-12/h4-7,10-11H,3,8-9H2,1-2H3,(H,18,19,21). The molecule has 0 aliphatic carbocycles. The van der Waals surface area contributed by atoms with Crippen molar-refractivity contribution in [2.45, 2.75) is 33.2 Å². The maximum Gasteiger partial charge on any atom is 0.248 e. The summed E-state index contributed by atoms with van der Waals surface area (Å²) in [5.41, 5.74) is 1.13. The van der Waals surface area contributed by atoms with E-state index >= 15 is 0 Å². The quantitative estimate of drug-likeness (QED) is 0.867. The first-order chi connectivity index (χ1) is 10.0. The minimum Gasteiger partial charge on any atom is -0.293 e. The lowest BCUT2D eigenvalue weighted by Crippen LogP contribution is -2.13. The number of carbonyl (C=O) groups is 1. The lowest BCUT2D eigenvalue weighted by Gasteiger charge is -2.04. The van der Waals surface area contributed by atoms with E-state index in [4.69, 9.17) is 0 Å². The SMILES string of the molecule is CC(C)CCC(=O)Nc1ncn(Cc2ccc(Br)cc2)n1. The smallest absolute Gasteiger partial charge is 0.248 e. The van der Waals surface area contributed by atoms with Crippen molar-refractivity contribution in [1.29, 1.82) is 0 Å². The van der Waals surface area contributed by atoms with Gasteiger partial charge in [0, 0.05) is 10.9 Å². The Morgan fingerprint density at radius 1 is 1.33 bits per heavy atom. The molecular weight excluding hydrogens is 332 g/mol. The van der Waals surface area contributed by atoms with Crippen molar-refractivity contribution < 1.29 is 4.79 Å². The summed E-state index contributed by atoms with van der Waals surface area (Å²) in [4.78, 5) is 15.8. The summed E-state index contributed by atoms with van der Waals surface area (Å²) >= 11 is 3.40. The number of amides is 1. The molecule has 2 rings (SSSR count). The third kappa shape index (κ3) is 5.30. The third-order valence-corrected chi connectivity index (χ3v) is 3.52. The molecule has 0 atom stereocenters. The Morgan fingerprint density at radius 2 is 2.05 bits per heavy atom. The monoisotopic (exact) mass is 350 g/mol. The number of aromatic nitrogens is 3. The van der Waals surface area contributed by atoms with Crippen molar-refractivity contribution in [3.63, 3.8) is 0 Å². The van der Waals surface area contributed by atoms with Gasteiger partial charge in [-0.3, -0.25) is 10.1 Å². The number of rotatable bonds is 6. The molecule has 0 aliphatic rings. The Labute approximate surface area is 132 Å². The van der Waals surface area contributed by atoms with Gasteiger partial charge in [-0.05, 0) is 30.0 Å². The molecule has 0 saturated heterocycles. The van der Waals surface area contributed by atoms with Crippen LogP contribution in [0.4, 0.5) is 5.95 Å². The summed E-state index contributed by atoms with van der Waals surface area (Å²) in [6, 6.07) is 8.01. The molecule has 6 heteroatoms. The number of halogens is 1. The summed E-state index contributed by atoms with van der Waals surface area (Å²) in [6.45, 7) is 4.82. The Balaban J connectivity index is 1.89. The van der Waals surface area contributed by atoms with E-state index in [1.54, 1.807) is 11.0 Å². The molecule has 2 aromatic rings. The van der Waals surface area contributed by atoms with Gasteiger partial charge in [-0.1, -0.05) is 41.9 Å². The van der Waals surface area contributed by atoms with Crippen molar-refractivity contribution in [3.8, 4) is 0 Å². The fraction of sp³-hybridized carbons (Fsp3) is 0.400. The van der Waals surface area contributed by atoms with Crippen molar-refractivity contribution >= 4 is 27.8 Å². The molecule has 0 spiro atoms. The van der Waals surface area contributed by atoms with Crippen LogP contribution in [0.1, 0.15) is 32.3 Å². The highest BCUT2D eigenvalue weighted by atomic mass is 79.9. The Bertz CT molecular complexity index is 592. The van der Waals surface area contributed by atoms with Gasteiger partial charge in [0.2, 0.25) is 11.9 Å². The number of nitrogens with one attached hydrogen (secondary N) is 1. The highest BCUT2D eigenvalue weighted by Gasteiger charge is 2.07. The third-order valence-electron chi connectivity index (χ3n) is 2.99.